The van der Waals surface area contributed by atoms with Crippen LogP contribution in [0, 0.1) is 5.41 Å². The Balaban J connectivity index is 2.02. The molecule has 1 fully saturated rings. The Morgan fingerprint density at radius 2 is 2.30 bits per heavy atom. The lowest BCUT2D eigenvalue weighted by Gasteiger charge is -2.33. The number of rotatable bonds is 4. The van der Waals surface area contributed by atoms with Gasteiger partial charge in [0.2, 0.25) is 5.91 Å². The van der Waals surface area contributed by atoms with E-state index >= 15 is 0 Å². The second-order valence-electron chi connectivity index (χ2n) is 5.81. The lowest BCUT2D eigenvalue weighted by molar-refractivity contribution is -0.131. The zero-order chi connectivity index (χ0) is 14.6. The molecular formula is C16H24N2O2. The summed E-state index contributed by atoms with van der Waals surface area (Å²) < 4.78 is 5.22. The maximum absolute atomic E-state index is 12.5. The molecule has 4 heteroatoms. The predicted molar refractivity (Wildman–Crippen MR) is 79.8 cm³/mol. The first kappa shape index (κ1) is 14.9. The average Bonchev–Trinajstić information content (AvgIpc) is 2.48. The van der Waals surface area contributed by atoms with Crippen molar-refractivity contribution in [3.8, 4) is 5.75 Å². The van der Waals surface area contributed by atoms with Crippen molar-refractivity contribution in [3.63, 3.8) is 0 Å². The molecule has 0 aliphatic carbocycles. The Hall–Kier alpha value is -1.55. The molecule has 20 heavy (non-hydrogen) atoms. The molecule has 1 amide bonds. The van der Waals surface area contributed by atoms with Gasteiger partial charge in [-0.25, -0.2) is 0 Å². The summed E-state index contributed by atoms with van der Waals surface area (Å²) in [6, 6.07) is 7.81. The molecule has 0 radical (unpaired) electrons. The summed E-state index contributed by atoms with van der Waals surface area (Å²) in [4.78, 5) is 12.5. The maximum atomic E-state index is 12.5. The molecule has 0 spiro atoms. The van der Waals surface area contributed by atoms with Crippen LogP contribution >= 0.6 is 0 Å². The monoisotopic (exact) mass is 276 g/mol. The van der Waals surface area contributed by atoms with Crippen molar-refractivity contribution >= 4 is 5.91 Å². The van der Waals surface area contributed by atoms with Crippen LogP contribution < -0.4 is 15.4 Å². The van der Waals surface area contributed by atoms with Crippen molar-refractivity contribution < 1.29 is 9.53 Å². The second-order valence-corrected chi connectivity index (χ2v) is 5.81. The van der Waals surface area contributed by atoms with Crippen molar-refractivity contribution in [2.24, 2.45) is 5.41 Å². The molecule has 0 saturated carbocycles. The van der Waals surface area contributed by atoms with Crippen molar-refractivity contribution in [1.82, 2.24) is 10.6 Å². The van der Waals surface area contributed by atoms with Crippen LogP contribution in [0.4, 0.5) is 0 Å². The minimum absolute atomic E-state index is 0.0173. The van der Waals surface area contributed by atoms with Gasteiger partial charge >= 0.3 is 0 Å². The molecule has 1 aliphatic heterocycles. The molecule has 4 nitrogen and oxygen atoms in total. The first-order chi connectivity index (χ1) is 9.55. The highest BCUT2D eigenvalue weighted by molar-refractivity contribution is 5.83. The number of benzene rings is 1. The summed E-state index contributed by atoms with van der Waals surface area (Å²) in [6.45, 7) is 5.80. The summed E-state index contributed by atoms with van der Waals surface area (Å²) in [5.74, 6) is 0.939. The van der Waals surface area contributed by atoms with Crippen LogP contribution in [-0.2, 0) is 4.79 Å². The number of hydrogen-bond donors (Lipinski definition) is 2. The molecule has 1 unspecified atom stereocenters. The topological polar surface area (TPSA) is 50.4 Å². The van der Waals surface area contributed by atoms with E-state index in [1.165, 1.54) is 0 Å². The highest BCUT2D eigenvalue weighted by atomic mass is 16.5. The summed E-state index contributed by atoms with van der Waals surface area (Å²) in [6.07, 6.45) is 1.99. The molecule has 0 bridgehead atoms. The minimum Gasteiger partial charge on any atom is -0.497 e. The second kappa shape index (κ2) is 6.27. The van der Waals surface area contributed by atoms with Gasteiger partial charge in [-0.1, -0.05) is 12.1 Å². The van der Waals surface area contributed by atoms with Gasteiger partial charge in [-0.2, -0.15) is 0 Å². The molecule has 0 aromatic heterocycles. The van der Waals surface area contributed by atoms with E-state index < -0.39 is 0 Å². The Kier molecular flexibility index (Phi) is 4.65. The Bertz CT molecular complexity index is 467. The molecule has 1 saturated heterocycles. The fourth-order valence-corrected chi connectivity index (χ4v) is 2.62. The lowest BCUT2D eigenvalue weighted by atomic mass is 9.81. The van der Waals surface area contributed by atoms with Crippen molar-refractivity contribution in [2.45, 2.75) is 32.7 Å². The summed E-state index contributed by atoms with van der Waals surface area (Å²) >= 11 is 0. The van der Waals surface area contributed by atoms with Gasteiger partial charge < -0.3 is 15.4 Å². The molecule has 110 valence electrons. The SMILES string of the molecule is COc1cccc([C@@H](C)NC(=O)C2(C)CCCNC2)c1. The van der Waals surface area contributed by atoms with Crippen molar-refractivity contribution in [2.75, 3.05) is 20.2 Å². The highest BCUT2D eigenvalue weighted by Gasteiger charge is 2.35. The van der Waals surface area contributed by atoms with Gasteiger partial charge in [-0.3, -0.25) is 4.79 Å². The smallest absolute Gasteiger partial charge is 0.227 e. The van der Waals surface area contributed by atoms with Crippen molar-refractivity contribution in [1.29, 1.82) is 0 Å². The Labute approximate surface area is 120 Å². The van der Waals surface area contributed by atoms with Gasteiger partial charge in [-0.15, -0.1) is 0 Å². The zero-order valence-corrected chi connectivity index (χ0v) is 12.5. The van der Waals surface area contributed by atoms with Gasteiger partial charge in [0.15, 0.2) is 0 Å². The molecule has 2 rings (SSSR count). The van der Waals surface area contributed by atoms with E-state index in [2.05, 4.69) is 10.6 Å². The van der Waals surface area contributed by atoms with Gasteiger partial charge in [0.05, 0.1) is 18.6 Å². The molecule has 1 heterocycles. The number of methoxy groups -OCH3 is 1. The Morgan fingerprint density at radius 3 is 2.95 bits per heavy atom. The van der Waals surface area contributed by atoms with Crippen molar-refractivity contribution in [3.05, 3.63) is 29.8 Å². The van der Waals surface area contributed by atoms with Crippen LogP contribution in [-0.4, -0.2) is 26.1 Å². The quantitative estimate of drug-likeness (QED) is 0.887. The van der Waals surface area contributed by atoms with Crippen LogP contribution in [0.2, 0.25) is 0 Å². The van der Waals surface area contributed by atoms with E-state index in [0.717, 1.165) is 37.2 Å². The third-order valence-electron chi connectivity index (χ3n) is 4.09. The average molecular weight is 276 g/mol. The number of amides is 1. The molecular weight excluding hydrogens is 252 g/mol. The number of hydrogen-bond acceptors (Lipinski definition) is 3. The van der Waals surface area contributed by atoms with Crippen LogP contribution in [0.25, 0.3) is 0 Å². The fraction of sp³-hybridized carbons (Fsp3) is 0.562. The van der Waals surface area contributed by atoms with E-state index in [-0.39, 0.29) is 17.4 Å². The van der Waals surface area contributed by atoms with E-state index in [9.17, 15) is 4.79 Å². The zero-order valence-electron chi connectivity index (χ0n) is 12.5. The first-order valence-corrected chi connectivity index (χ1v) is 7.21. The van der Waals surface area contributed by atoms with Gasteiger partial charge in [0.25, 0.3) is 0 Å². The van der Waals surface area contributed by atoms with Gasteiger partial charge in [-0.05, 0) is 50.9 Å². The normalized spacial score (nSPS) is 23.9. The molecule has 1 aromatic carbocycles. The maximum Gasteiger partial charge on any atom is 0.227 e. The first-order valence-electron chi connectivity index (χ1n) is 7.21. The summed E-state index contributed by atoms with van der Waals surface area (Å²) in [7, 11) is 1.65. The summed E-state index contributed by atoms with van der Waals surface area (Å²) in [5.41, 5.74) is 0.760. The van der Waals surface area contributed by atoms with Crippen LogP contribution in [0.3, 0.4) is 0 Å². The number of nitrogens with one attached hydrogen (secondary N) is 2. The van der Waals surface area contributed by atoms with Crippen LogP contribution in [0.5, 0.6) is 5.75 Å². The largest absolute Gasteiger partial charge is 0.497 e. The predicted octanol–water partition coefficient (Wildman–Crippen LogP) is 2.26. The summed E-state index contributed by atoms with van der Waals surface area (Å²) in [5, 5.41) is 6.43. The van der Waals surface area contributed by atoms with Gasteiger partial charge in [0, 0.05) is 6.54 Å². The molecule has 2 atom stereocenters. The molecule has 1 aliphatic rings. The molecule has 2 N–H and O–H groups in total. The standard InChI is InChI=1S/C16H24N2O2/c1-12(13-6-4-7-14(10-13)20-3)18-15(19)16(2)8-5-9-17-11-16/h4,6-7,10,12,17H,5,8-9,11H2,1-3H3,(H,18,19)/t12-,16?/m1/s1. The van der Waals surface area contributed by atoms with Gasteiger partial charge in [0.1, 0.15) is 5.75 Å². The van der Waals surface area contributed by atoms with E-state index in [0.29, 0.717) is 0 Å². The highest BCUT2D eigenvalue weighted by Crippen LogP contribution is 2.27. The third kappa shape index (κ3) is 3.31. The number of carbonyl (C=O) groups excluding carboxylic acids is 1. The van der Waals surface area contributed by atoms with Crippen LogP contribution in [0.1, 0.15) is 38.3 Å². The fourth-order valence-electron chi connectivity index (χ4n) is 2.62. The van der Waals surface area contributed by atoms with E-state index in [4.69, 9.17) is 4.74 Å². The lowest BCUT2D eigenvalue weighted by Crippen LogP contribution is -2.49. The minimum atomic E-state index is -0.300. The van der Waals surface area contributed by atoms with E-state index in [1.54, 1.807) is 7.11 Å². The Morgan fingerprint density at radius 1 is 1.50 bits per heavy atom. The van der Waals surface area contributed by atoms with Crippen LogP contribution in [0.15, 0.2) is 24.3 Å². The molecule has 1 aromatic rings. The number of piperidine rings is 1. The number of carbonyl (C=O) groups is 1. The number of ether oxygens (including phenoxy) is 1. The van der Waals surface area contributed by atoms with E-state index in [1.807, 2.05) is 38.1 Å². The third-order valence-corrected chi connectivity index (χ3v) is 4.09.